The summed E-state index contributed by atoms with van der Waals surface area (Å²) in [5.41, 5.74) is 4.11. The van der Waals surface area contributed by atoms with Crippen LogP contribution in [0.2, 0.25) is 0 Å². The molecule has 0 atom stereocenters. The van der Waals surface area contributed by atoms with E-state index in [9.17, 15) is 4.79 Å². The van der Waals surface area contributed by atoms with Gasteiger partial charge in [0.15, 0.2) is 5.78 Å². The van der Waals surface area contributed by atoms with Crippen LogP contribution in [0.1, 0.15) is 54.2 Å². The molecule has 4 heteroatoms. The number of carbonyl (C=O) groups excluding carboxylic acids is 1. The Balaban J connectivity index is 1.47. The minimum absolute atomic E-state index is 0.109. The maximum Gasteiger partial charge on any atom is 0.183 e. The summed E-state index contributed by atoms with van der Waals surface area (Å²) >= 11 is 0. The van der Waals surface area contributed by atoms with Gasteiger partial charge in [0, 0.05) is 23.4 Å². The van der Waals surface area contributed by atoms with Crippen LogP contribution in [0.3, 0.4) is 0 Å². The largest absolute Gasteiger partial charge is 0.497 e. The minimum atomic E-state index is 0.109. The van der Waals surface area contributed by atoms with Gasteiger partial charge in [-0.25, -0.2) is 0 Å². The minimum Gasteiger partial charge on any atom is -0.497 e. The van der Waals surface area contributed by atoms with E-state index in [0.29, 0.717) is 24.1 Å². The van der Waals surface area contributed by atoms with E-state index in [1.54, 1.807) is 7.11 Å². The number of ether oxygens (including phenoxy) is 1. The molecule has 0 aliphatic carbocycles. The van der Waals surface area contributed by atoms with E-state index in [-0.39, 0.29) is 5.78 Å². The van der Waals surface area contributed by atoms with Crippen LogP contribution in [0.15, 0.2) is 48.5 Å². The molecule has 29 heavy (non-hydrogen) atoms. The van der Waals surface area contributed by atoms with Crippen molar-refractivity contribution in [2.75, 3.05) is 20.2 Å². The number of aromatic nitrogens is 1. The van der Waals surface area contributed by atoms with Gasteiger partial charge in [0.25, 0.3) is 0 Å². The number of aromatic amines is 1. The quantitative estimate of drug-likeness (QED) is 0.589. The molecule has 152 valence electrons. The number of methoxy groups -OCH3 is 1. The molecule has 1 aromatic heterocycles. The molecule has 4 nitrogen and oxygen atoms in total. The number of hydrogen-bond acceptors (Lipinski definition) is 3. The zero-order chi connectivity index (χ0) is 20.4. The Morgan fingerprint density at radius 3 is 2.48 bits per heavy atom. The first-order chi connectivity index (χ1) is 14.0. The Hall–Kier alpha value is -2.59. The molecule has 1 saturated heterocycles. The fraction of sp³-hybridized carbons (Fsp3) is 0.400. The molecule has 2 aromatic carbocycles. The number of piperidine rings is 1. The third kappa shape index (κ3) is 4.38. The number of carbonyl (C=O) groups is 1. The Kier molecular flexibility index (Phi) is 5.72. The van der Waals surface area contributed by atoms with Gasteiger partial charge in [0.2, 0.25) is 0 Å². The van der Waals surface area contributed by atoms with Crippen molar-refractivity contribution >= 4 is 16.7 Å². The lowest BCUT2D eigenvalue weighted by Crippen LogP contribution is -2.37. The van der Waals surface area contributed by atoms with Crippen molar-refractivity contribution in [2.45, 2.75) is 45.1 Å². The van der Waals surface area contributed by atoms with E-state index >= 15 is 0 Å². The van der Waals surface area contributed by atoms with E-state index in [1.807, 2.05) is 30.3 Å². The van der Waals surface area contributed by atoms with Crippen molar-refractivity contribution in [2.24, 2.45) is 0 Å². The molecule has 0 bridgehead atoms. The number of hydrogen-bond donors (Lipinski definition) is 1. The van der Waals surface area contributed by atoms with Crippen LogP contribution < -0.4 is 4.74 Å². The lowest BCUT2D eigenvalue weighted by atomic mass is 9.88. The molecule has 1 fully saturated rings. The van der Waals surface area contributed by atoms with Gasteiger partial charge in [-0.05, 0) is 87.2 Å². The highest BCUT2D eigenvalue weighted by atomic mass is 16.5. The van der Waals surface area contributed by atoms with Gasteiger partial charge in [-0.3, -0.25) is 4.79 Å². The number of Topliss-reactive ketones (excluding diaryl/α,β-unsaturated/α-hetero) is 1. The number of fused-ring (bicyclic) bond motifs is 1. The lowest BCUT2D eigenvalue weighted by Gasteiger charge is -2.34. The van der Waals surface area contributed by atoms with Crippen LogP contribution in [-0.2, 0) is 6.42 Å². The molecule has 0 spiro atoms. The highest BCUT2D eigenvalue weighted by Gasteiger charge is 2.22. The molecule has 0 amide bonds. The number of benzene rings is 2. The molecule has 3 aromatic rings. The van der Waals surface area contributed by atoms with Crippen LogP contribution >= 0.6 is 0 Å². The second kappa shape index (κ2) is 8.42. The van der Waals surface area contributed by atoms with Crippen molar-refractivity contribution in [3.8, 4) is 5.75 Å². The second-order valence-corrected chi connectivity index (χ2v) is 8.38. The predicted octanol–water partition coefficient (Wildman–Crippen LogP) is 5.19. The highest BCUT2D eigenvalue weighted by molar-refractivity contribution is 6.00. The first-order valence-corrected chi connectivity index (χ1v) is 10.6. The second-order valence-electron chi connectivity index (χ2n) is 8.38. The monoisotopic (exact) mass is 390 g/mol. The summed E-state index contributed by atoms with van der Waals surface area (Å²) in [6.45, 7) is 6.88. The molecular formula is C25H30N2O2. The van der Waals surface area contributed by atoms with Gasteiger partial charge < -0.3 is 14.6 Å². The molecule has 2 heterocycles. The molecule has 1 aliphatic rings. The summed E-state index contributed by atoms with van der Waals surface area (Å²) < 4.78 is 5.18. The summed E-state index contributed by atoms with van der Waals surface area (Å²) in [6, 6.07) is 16.9. The SMILES string of the molecule is COc1ccc(CC(=O)c2cc3cc(C4CCN(C(C)C)CC4)ccc3[nH]2)cc1. The Bertz CT molecular complexity index is 980. The van der Waals surface area contributed by atoms with E-state index in [0.717, 1.165) is 22.2 Å². The third-order valence-corrected chi connectivity index (χ3v) is 6.20. The van der Waals surface area contributed by atoms with Crippen LogP contribution in [-0.4, -0.2) is 41.9 Å². The van der Waals surface area contributed by atoms with E-state index < -0.39 is 0 Å². The number of ketones is 1. The Labute approximate surface area is 172 Å². The lowest BCUT2D eigenvalue weighted by molar-refractivity contribution is 0.0989. The van der Waals surface area contributed by atoms with Crippen LogP contribution in [0, 0.1) is 0 Å². The zero-order valence-corrected chi connectivity index (χ0v) is 17.6. The summed E-state index contributed by atoms with van der Waals surface area (Å²) in [4.78, 5) is 18.6. The van der Waals surface area contributed by atoms with E-state index in [4.69, 9.17) is 4.74 Å². The predicted molar refractivity (Wildman–Crippen MR) is 118 cm³/mol. The molecule has 1 N–H and O–H groups in total. The molecular weight excluding hydrogens is 360 g/mol. The van der Waals surface area contributed by atoms with Gasteiger partial charge in [0.05, 0.1) is 12.8 Å². The third-order valence-electron chi connectivity index (χ3n) is 6.20. The van der Waals surface area contributed by atoms with Gasteiger partial charge in [-0.1, -0.05) is 18.2 Å². The first kappa shape index (κ1) is 19.7. The zero-order valence-electron chi connectivity index (χ0n) is 17.6. The van der Waals surface area contributed by atoms with Gasteiger partial charge in [0.1, 0.15) is 5.75 Å². The number of H-pyrrole nitrogens is 1. The van der Waals surface area contributed by atoms with Crippen LogP contribution in [0.5, 0.6) is 5.75 Å². The van der Waals surface area contributed by atoms with E-state index in [1.165, 1.54) is 31.5 Å². The normalized spacial score (nSPS) is 15.9. The number of nitrogens with one attached hydrogen (secondary N) is 1. The average molecular weight is 391 g/mol. The van der Waals surface area contributed by atoms with Crippen molar-refractivity contribution in [3.05, 3.63) is 65.4 Å². The molecule has 0 saturated carbocycles. The van der Waals surface area contributed by atoms with Crippen LogP contribution in [0.4, 0.5) is 0 Å². The Morgan fingerprint density at radius 1 is 1.10 bits per heavy atom. The average Bonchev–Trinajstić information content (AvgIpc) is 3.18. The summed E-state index contributed by atoms with van der Waals surface area (Å²) in [5, 5.41) is 1.13. The maximum absolute atomic E-state index is 12.8. The highest BCUT2D eigenvalue weighted by Crippen LogP contribution is 2.31. The molecule has 0 unspecified atom stereocenters. The van der Waals surface area contributed by atoms with Crippen molar-refractivity contribution in [1.29, 1.82) is 0 Å². The summed E-state index contributed by atoms with van der Waals surface area (Å²) in [7, 11) is 1.65. The fourth-order valence-electron chi connectivity index (χ4n) is 4.33. The van der Waals surface area contributed by atoms with Crippen LogP contribution in [0.25, 0.3) is 10.9 Å². The van der Waals surface area contributed by atoms with Crippen molar-refractivity contribution in [3.63, 3.8) is 0 Å². The fourth-order valence-corrected chi connectivity index (χ4v) is 4.33. The van der Waals surface area contributed by atoms with E-state index in [2.05, 4.69) is 41.9 Å². The molecule has 4 rings (SSSR count). The number of likely N-dealkylation sites (tertiary alicyclic amines) is 1. The molecule has 1 aliphatic heterocycles. The van der Waals surface area contributed by atoms with Crippen molar-refractivity contribution in [1.82, 2.24) is 9.88 Å². The Morgan fingerprint density at radius 2 is 1.83 bits per heavy atom. The summed E-state index contributed by atoms with van der Waals surface area (Å²) in [6.07, 6.45) is 2.80. The van der Waals surface area contributed by atoms with Gasteiger partial charge in [-0.2, -0.15) is 0 Å². The van der Waals surface area contributed by atoms with Gasteiger partial charge in [-0.15, -0.1) is 0 Å². The first-order valence-electron chi connectivity index (χ1n) is 10.6. The van der Waals surface area contributed by atoms with Crippen molar-refractivity contribution < 1.29 is 9.53 Å². The topological polar surface area (TPSA) is 45.3 Å². The standard InChI is InChI=1S/C25H30N2O2/c1-17(2)27-12-10-19(11-13-27)20-6-9-23-21(15-20)16-24(26-23)25(28)14-18-4-7-22(29-3)8-5-18/h4-9,15-17,19,26H,10-14H2,1-3H3. The summed E-state index contributed by atoms with van der Waals surface area (Å²) in [5.74, 6) is 1.53. The maximum atomic E-state index is 12.8. The number of nitrogens with zero attached hydrogens (tertiary/aromatic N) is 1. The number of rotatable bonds is 6. The smallest absolute Gasteiger partial charge is 0.183 e. The van der Waals surface area contributed by atoms with Gasteiger partial charge >= 0.3 is 0 Å². The molecule has 0 radical (unpaired) electrons.